The monoisotopic (exact) mass is 591 g/mol. The molecule has 228 valence electrons. The first kappa shape index (κ1) is 32.3. The van der Waals surface area contributed by atoms with Crippen molar-refractivity contribution in [2.24, 2.45) is 0 Å². The molecule has 11 nitrogen and oxygen atoms in total. The second-order valence-electron chi connectivity index (χ2n) is 9.96. The van der Waals surface area contributed by atoms with Gasteiger partial charge in [-0.3, -0.25) is 0 Å². The average molecular weight is 592 g/mol. The Kier molecular flexibility index (Phi) is 11.8. The van der Waals surface area contributed by atoms with E-state index < -0.39 is 6.09 Å². The fourth-order valence-electron chi connectivity index (χ4n) is 3.34. The number of benzene rings is 2. The van der Waals surface area contributed by atoms with Gasteiger partial charge >= 0.3 is 6.09 Å². The molecule has 0 spiro atoms. The lowest BCUT2D eigenvalue weighted by atomic mass is 10.3. The Balaban J connectivity index is 0.000000248. The van der Waals surface area contributed by atoms with E-state index in [-0.39, 0.29) is 24.0 Å². The van der Waals surface area contributed by atoms with E-state index >= 15 is 0 Å². The lowest BCUT2D eigenvalue weighted by Crippen LogP contribution is -2.38. The molecule has 0 bridgehead atoms. The molecule has 2 aromatic carbocycles. The van der Waals surface area contributed by atoms with Gasteiger partial charge in [-0.15, -0.1) is 5.06 Å². The van der Waals surface area contributed by atoms with Crippen LogP contribution >= 0.6 is 0 Å². The summed E-state index contributed by atoms with van der Waals surface area (Å²) in [6.07, 6.45) is 2.27. The molecule has 0 radical (unpaired) electrons. The molecule has 0 atom stereocenters. The second-order valence-corrected chi connectivity index (χ2v) is 9.96. The predicted octanol–water partition coefficient (Wildman–Crippen LogP) is 7.71. The van der Waals surface area contributed by atoms with Crippen molar-refractivity contribution in [2.75, 3.05) is 0 Å². The molecule has 0 saturated heterocycles. The molecule has 2 heterocycles. The third kappa shape index (κ3) is 11.3. The zero-order valence-electron chi connectivity index (χ0n) is 25.0. The first-order valence-corrected chi connectivity index (χ1v) is 13.7. The molecule has 1 amide bonds. The van der Waals surface area contributed by atoms with Crippen molar-refractivity contribution in [1.82, 2.24) is 15.0 Å². The number of aromatic nitrogens is 2. The first-order chi connectivity index (χ1) is 20.5. The van der Waals surface area contributed by atoms with Crippen LogP contribution in [-0.4, -0.2) is 49.6 Å². The maximum Gasteiger partial charge on any atom is 0.440 e. The molecule has 0 aliphatic rings. The van der Waals surface area contributed by atoms with Crippen LogP contribution in [0.3, 0.4) is 0 Å². The summed E-state index contributed by atoms with van der Waals surface area (Å²) in [5.74, 6) is 4.09. The number of nitrogens with zero attached hydrogens (tertiary/aromatic N) is 3. The van der Waals surface area contributed by atoms with Crippen LogP contribution in [0.1, 0.15) is 41.5 Å². The second kappa shape index (κ2) is 15.7. The summed E-state index contributed by atoms with van der Waals surface area (Å²) in [4.78, 5) is 24.8. The van der Waals surface area contributed by atoms with Crippen LogP contribution in [0.5, 0.6) is 46.3 Å². The highest BCUT2D eigenvalue weighted by Crippen LogP contribution is 2.25. The molecule has 0 unspecified atom stereocenters. The van der Waals surface area contributed by atoms with Crippen molar-refractivity contribution in [2.45, 2.75) is 59.8 Å². The van der Waals surface area contributed by atoms with Crippen molar-refractivity contribution in [3.63, 3.8) is 0 Å². The normalized spacial score (nSPS) is 10.5. The largest absolute Gasteiger partial charge is 0.508 e. The zero-order valence-corrected chi connectivity index (χ0v) is 25.0. The number of phenols is 1. The van der Waals surface area contributed by atoms with E-state index in [0.717, 1.165) is 5.06 Å². The van der Waals surface area contributed by atoms with Crippen LogP contribution in [0.15, 0.2) is 85.2 Å². The molecule has 11 heteroatoms. The number of amides is 1. The third-order valence-corrected chi connectivity index (χ3v) is 5.13. The summed E-state index contributed by atoms with van der Waals surface area (Å²) in [6, 6.07) is 19.8. The van der Waals surface area contributed by atoms with Gasteiger partial charge in [0.15, 0.2) is 5.75 Å². The van der Waals surface area contributed by atoms with Crippen LogP contribution < -0.4 is 23.8 Å². The Bertz CT molecular complexity index is 1390. The zero-order chi connectivity index (χ0) is 31.4. The number of phenolic OH excluding ortho intramolecular Hbond substituents is 1. The minimum absolute atomic E-state index is 0.0809. The summed E-state index contributed by atoms with van der Waals surface area (Å²) in [7, 11) is 0. The van der Waals surface area contributed by atoms with Gasteiger partial charge in [-0.05, 0) is 102 Å². The molecule has 0 fully saturated rings. The van der Waals surface area contributed by atoms with Gasteiger partial charge < -0.3 is 34.0 Å². The number of ether oxygens (including phenoxy) is 4. The maximum absolute atomic E-state index is 11.1. The van der Waals surface area contributed by atoms with Crippen molar-refractivity contribution < 1.29 is 38.8 Å². The quantitative estimate of drug-likeness (QED) is 0.167. The smallest absolute Gasteiger partial charge is 0.440 e. The van der Waals surface area contributed by atoms with Gasteiger partial charge in [0.05, 0.1) is 30.6 Å². The van der Waals surface area contributed by atoms with Gasteiger partial charge in [0, 0.05) is 12.1 Å². The highest BCUT2D eigenvalue weighted by molar-refractivity contribution is 5.64. The molecule has 0 aliphatic carbocycles. The van der Waals surface area contributed by atoms with Crippen LogP contribution in [0.2, 0.25) is 0 Å². The molecule has 2 aromatic heterocycles. The van der Waals surface area contributed by atoms with E-state index in [1.807, 2.05) is 33.8 Å². The third-order valence-electron chi connectivity index (χ3n) is 5.13. The Hall–Kier alpha value is -5.19. The van der Waals surface area contributed by atoms with Gasteiger partial charge in [-0.2, -0.15) is 0 Å². The standard InChI is InChI=1S/C18H22N2O5.C14H15NO3/c1-12(2)20(18(21)22)25-15-7-5-14(6-8-15)24-17-10-9-16(11-19-17)23-13(3)4;1-10(2)17-13-7-8-14(15-9-13)18-12-5-3-11(16)4-6-12/h5-13H,1-4H3,(H,21,22);3-10,16H,1-2H3. The maximum atomic E-state index is 11.1. The van der Waals surface area contributed by atoms with Crippen LogP contribution in [-0.2, 0) is 0 Å². The van der Waals surface area contributed by atoms with Crippen molar-refractivity contribution in [1.29, 1.82) is 0 Å². The number of carbonyl (C=O) groups is 1. The Morgan fingerprint density at radius 2 is 1.02 bits per heavy atom. The van der Waals surface area contributed by atoms with E-state index in [0.29, 0.717) is 40.5 Å². The molecule has 43 heavy (non-hydrogen) atoms. The predicted molar refractivity (Wildman–Crippen MR) is 160 cm³/mol. The minimum Gasteiger partial charge on any atom is -0.508 e. The van der Waals surface area contributed by atoms with Crippen molar-refractivity contribution in [3.8, 4) is 46.3 Å². The van der Waals surface area contributed by atoms with E-state index in [1.165, 1.54) is 0 Å². The van der Waals surface area contributed by atoms with Crippen LogP contribution in [0, 0.1) is 0 Å². The molecular formula is C32H37N3O8. The van der Waals surface area contributed by atoms with Crippen molar-refractivity contribution >= 4 is 6.09 Å². The SMILES string of the molecule is CC(C)Oc1ccc(Oc2ccc(O)cc2)nc1.CC(C)Oc1ccc(Oc2ccc(ON(C(=O)O)C(C)C)cc2)nc1. The number of hydroxylamine groups is 2. The summed E-state index contributed by atoms with van der Waals surface area (Å²) in [5.41, 5.74) is 0. The highest BCUT2D eigenvalue weighted by atomic mass is 16.7. The molecular weight excluding hydrogens is 554 g/mol. The molecule has 0 aliphatic heterocycles. The van der Waals surface area contributed by atoms with Gasteiger partial charge in [0.2, 0.25) is 11.8 Å². The number of pyridine rings is 2. The molecule has 2 N–H and O–H groups in total. The van der Waals surface area contributed by atoms with Crippen LogP contribution in [0.25, 0.3) is 0 Å². The van der Waals surface area contributed by atoms with Gasteiger partial charge in [0.25, 0.3) is 0 Å². The van der Waals surface area contributed by atoms with Gasteiger partial charge in [-0.1, -0.05) is 0 Å². The first-order valence-electron chi connectivity index (χ1n) is 13.7. The molecule has 4 rings (SSSR count). The summed E-state index contributed by atoms with van der Waals surface area (Å²) in [6.45, 7) is 11.3. The average Bonchev–Trinajstić information content (AvgIpc) is 2.95. The van der Waals surface area contributed by atoms with E-state index in [4.69, 9.17) is 34.0 Å². The summed E-state index contributed by atoms with van der Waals surface area (Å²) < 4.78 is 22.2. The molecule has 0 saturated carbocycles. The van der Waals surface area contributed by atoms with Gasteiger partial charge in [-0.25, -0.2) is 14.8 Å². The summed E-state index contributed by atoms with van der Waals surface area (Å²) in [5, 5.41) is 19.1. The van der Waals surface area contributed by atoms with Crippen molar-refractivity contribution in [3.05, 3.63) is 85.2 Å². The lowest BCUT2D eigenvalue weighted by molar-refractivity contribution is -0.0587. The number of rotatable bonds is 11. The fraction of sp³-hybridized carbons (Fsp3) is 0.281. The van der Waals surface area contributed by atoms with E-state index in [2.05, 4.69) is 9.97 Å². The topological polar surface area (TPSA) is 133 Å². The van der Waals surface area contributed by atoms with E-state index in [1.54, 1.807) is 93.0 Å². The number of hydrogen-bond donors (Lipinski definition) is 2. The number of aromatic hydroxyl groups is 1. The van der Waals surface area contributed by atoms with Gasteiger partial charge in [0.1, 0.15) is 28.7 Å². The Morgan fingerprint density at radius 1 is 0.628 bits per heavy atom. The number of carboxylic acid groups (broad SMARTS) is 1. The fourth-order valence-corrected chi connectivity index (χ4v) is 3.34. The Morgan fingerprint density at radius 3 is 1.37 bits per heavy atom. The summed E-state index contributed by atoms with van der Waals surface area (Å²) >= 11 is 0. The number of hydrogen-bond acceptors (Lipinski definition) is 9. The lowest BCUT2D eigenvalue weighted by Gasteiger charge is -2.22. The Labute approximate surface area is 251 Å². The minimum atomic E-state index is -1.15. The van der Waals surface area contributed by atoms with E-state index in [9.17, 15) is 4.79 Å². The van der Waals surface area contributed by atoms with Crippen LogP contribution in [0.4, 0.5) is 4.79 Å². The molecule has 4 aromatic rings. The highest BCUT2D eigenvalue weighted by Gasteiger charge is 2.18.